The number of ether oxygens (including phenoxy) is 2. The van der Waals surface area contributed by atoms with Crippen LogP contribution in [0.15, 0.2) is 22.2 Å². The van der Waals surface area contributed by atoms with E-state index in [-0.39, 0.29) is 34.2 Å². The highest BCUT2D eigenvalue weighted by molar-refractivity contribution is 5.71. The van der Waals surface area contributed by atoms with Crippen LogP contribution in [0.4, 0.5) is 25.1 Å². The second-order valence-electron chi connectivity index (χ2n) is 11.0. The molecule has 0 saturated carbocycles. The fraction of sp³-hybridized carbons (Fsp3) is 0.565. The number of imidazole rings is 2. The number of H-pyrrole nitrogens is 2. The molecule has 6 rings (SSSR count). The fourth-order valence-corrected chi connectivity index (χ4v) is 5.56. The van der Waals surface area contributed by atoms with E-state index in [1.807, 2.05) is 0 Å². The molecule has 4 aromatic rings. The lowest BCUT2D eigenvalue weighted by Gasteiger charge is -2.39. The summed E-state index contributed by atoms with van der Waals surface area (Å²) in [5, 5.41) is 47.0. The monoisotopic (exact) mass is 658 g/mol. The highest BCUT2D eigenvalue weighted by Crippen LogP contribution is 2.36. The summed E-state index contributed by atoms with van der Waals surface area (Å²) in [6, 6.07) is -1.56. The van der Waals surface area contributed by atoms with Crippen molar-refractivity contribution in [2.75, 3.05) is 24.6 Å². The van der Waals surface area contributed by atoms with Gasteiger partial charge >= 0.3 is 6.18 Å². The second kappa shape index (κ2) is 11.2. The number of halogens is 3. The number of nitrogens with two attached hydrogens (primary N) is 2. The Morgan fingerprint density at radius 3 is 1.89 bits per heavy atom. The van der Waals surface area contributed by atoms with Gasteiger partial charge in [0.1, 0.15) is 30.5 Å². The summed E-state index contributed by atoms with van der Waals surface area (Å²) in [5.41, 5.74) is 6.28. The van der Waals surface area contributed by atoms with Gasteiger partial charge in [0, 0.05) is 6.54 Å². The first-order chi connectivity index (χ1) is 21.6. The van der Waals surface area contributed by atoms with E-state index in [2.05, 4.69) is 40.5 Å². The summed E-state index contributed by atoms with van der Waals surface area (Å²) in [5.74, 6) is -0.553. The maximum Gasteiger partial charge on any atom is 0.419 e. The topological polar surface area (TPSA) is 303 Å². The quantitative estimate of drug-likeness (QED) is 0.0809. The van der Waals surface area contributed by atoms with Gasteiger partial charge in [-0.15, -0.1) is 0 Å². The van der Waals surface area contributed by atoms with Gasteiger partial charge in [0.2, 0.25) is 11.9 Å². The first-order valence-corrected chi connectivity index (χ1v) is 13.6. The molecule has 0 radical (unpaired) electrons. The number of nitrogen functional groups attached to an aromatic ring is 2. The van der Waals surface area contributed by atoms with Gasteiger partial charge in [-0.05, 0) is 6.92 Å². The zero-order valence-corrected chi connectivity index (χ0v) is 23.6. The molecule has 9 atom stereocenters. The number of rotatable bonds is 8. The Labute approximate surface area is 253 Å². The van der Waals surface area contributed by atoms with Crippen molar-refractivity contribution in [3.8, 4) is 0 Å². The predicted molar refractivity (Wildman–Crippen MR) is 147 cm³/mol. The molecule has 46 heavy (non-hydrogen) atoms. The Balaban J connectivity index is 1.22. The molecule has 2 saturated heterocycles. The van der Waals surface area contributed by atoms with Crippen LogP contribution in [0.5, 0.6) is 0 Å². The molecular formula is C23H29F3N12O8. The van der Waals surface area contributed by atoms with Crippen LogP contribution in [0, 0.1) is 0 Å². The molecule has 2 aliphatic heterocycles. The number of aliphatic hydroxyl groups is 4. The van der Waals surface area contributed by atoms with E-state index in [0.717, 1.165) is 21.8 Å². The average Bonchev–Trinajstić information content (AvgIpc) is 3.73. The average molecular weight is 659 g/mol. The van der Waals surface area contributed by atoms with E-state index < -0.39 is 85.1 Å². The van der Waals surface area contributed by atoms with Crippen molar-refractivity contribution in [1.82, 2.24) is 49.7 Å². The van der Waals surface area contributed by atoms with Crippen LogP contribution in [0.1, 0.15) is 19.4 Å². The molecule has 0 aromatic carbocycles. The molecule has 0 bridgehead atoms. The normalized spacial score (nSPS) is 30.0. The van der Waals surface area contributed by atoms with Crippen molar-refractivity contribution in [3.63, 3.8) is 0 Å². The third kappa shape index (κ3) is 5.15. The second-order valence-corrected chi connectivity index (χ2v) is 11.0. The molecule has 0 aliphatic carbocycles. The van der Waals surface area contributed by atoms with E-state index in [1.54, 1.807) is 0 Å². The number of aromatic nitrogens is 8. The highest BCUT2D eigenvalue weighted by atomic mass is 19.4. The summed E-state index contributed by atoms with van der Waals surface area (Å²) in [6.07, 6.45) is -13.7. The van der Waals surface area contributed by atoms with Crippen LogP contribution in [0.2, 0.25) is 0 Å². The number of alkyl halides is 3. The Morgan fingerprint density at radius 2 is 1.39 bits per heavy atom. The largest absolute Gasteiger partial charge is 0.419 e. The predicted octanol–water partition coefficient (Wildman–Crippen LogP) is -3.89. The smallest absolute Gasteiger partial charge is 0.394 e. The highest BCUT2D eigenvalue weighted by Gasteiger charge is 2.57. The molecule has 1 unspecified atom stereocenters. The maximum absolute atomic E-state index is 14.6. The Kier molecular flexibility index (Phi) is 7.75. The fourth-order valence-electron chi connectivity index (χ4n) is 5.56. The van der Waals surface area contributed by atoms with Crippen molar-refractivity contribution in [1.29, 1.82) is 0 Å². The summed E-state index contributed by atoms with van der Waals surface area (Å²) >= 11 is 0. The van der Waals surface area contributed by atoms with Crippen molar-refractivity contribution in [3.05, 3.63) is 33.4 Å². The van der Waals surface area contributed by atoms with E-state index >= 15 is 0 Å². The number of hydrogen-bond acceptors (Lipinski definition) is 16. The number of aromatic amines is 2. The third-order valence-electron chi connectivity index (χ3n) is 8.02. The minimum absolute atomic E-state index is 0.0964. The van der Waals surface area contributed by atoms with Crippen molar-refractivity contribution < 1.29 is 43.1 Å². The van der Waals surface area contributed by atoms with Crippen LogP contribution < -0.4 is 33.2 Å². The molecule has 4 aromatic heterocycles. The number of nitrogens with zero attached hydrogens (tertiary/aromatic N) is 6. The molecule has 23 heteroatoms. The minimum Gasteiger partial charge on any atom is -0.394 e. The SMILES string of the molecule is CC(NC[C@H]1O[C@@H](n2cnc3c(=O)[nH]c(N)nc32)[C@H](O)[C@@H]1O)(N[C@H]1[C@@H](O)[C@H](n2cnc3c(=O)[nH]c(N)nc32)O[C@@H]1CO)C(F)(F)F. The van der Waals surface area contributed by atoms with Gasteiger partial charge in [0.25, 0.3) is 11.1 Å². The molecule has 2 fully saturated rings. The van der Waals surface area contributed by atoms with Crippen LogP contribution in [0.25, 0.3) is 22.3 Å². The maximum atomic E-state index is 14.6. The first-order valence-electron chi connectivity index (χ1n) is 13.6. The molecule has 2 aliphatic rings. The zero-order valence-electron chi connectivity index (χ0n) is 23.6. The summed E-state index contributed by atoms with van der Waals surface area (Å²) in [6.45, 7) is -0.802. The van der Waals surface area contributed by atoms with Crippen LogP contribution in [0.3, 0.4) is 0 Å². The van der Waals surface area contributed by atoms with E-state index in [1.165, 1.54) is 0 Å². The molecule has 12 N–H and O–H groups in total. The molecular weight excluding hydrogens is 629 g/mol. The molecule has 0 amide bonds. The molecule has 250 valence electrons. The summed E-state index contributed by atoms with van der Waals surface area (Å²) in [7, 11) is 0. The number of fused-ring (bicyclic) bond motifs is 2. The van der Waals surface area contributed by atoms with Crippen molar-refractivity contribution in [2.24, 2.45) is 0 Å². The lowest BCUT2D eigenvalue weighted by atomic mass is 10.0. The van der Waals surface area contributed by atoms with Gasteiger partial charge in [-0.1, -0.05) is 0 Å². The van der Waals surface area contributed by atoms with E-state index in [9.17, 15) is 43.2 Å². The van der Waals surface area contributed by atoms with Gasteiger partial charge in [0.05, 0.1) is 25.3 Å². The summed E-state index contributed by atoms with van der Waals surface area (Å²) in [4.78, 5) is 44.5. The lowest BCUT2D eigenvalue weighted by Crippen LogP contribution is -2.70. The standard InChI is InChI=1S/C23H29F3N12O8/c1-22(23(24,25)26,31-2-6-11(40)13(42)19(45-6)38-5-30-10-15(38)33-21(28)35-17(10)44)36-8-7(3-39)46-18(12(8)41)37-4-29-9-14(37)32-20(27)34-16(9)43/h4-8,11-13,18-19,31,36,39-42H,2-3H2,1H3,(H3,27,32,34,43)(H3,28,33,35,44)/t6-,7-,8-,11-,12-,13-,18-,19-,22?/m1/s1. The van der Waals surface area contributed by atoms with Crippen LogP contribution in [-0.4, -0.2) is 121 Å². The number of aliphatic hydroxyl groups excluding tert-OH is 4. The lowest BCUT2D eigenvalue weighted by molar-refractivity contribution is -0.208. The number of hydrogen-bond donors (Lipinski definition) is 10. The van der Waals surface area contributed by atoms with Crippen molar-refractivity contribution >= 4 is 34.2 Å². The van der Waals surface area contributed by atoms with Gasteiger partial charge in [0.15, 0.2) is 40.4 Å². The Bertz CT molecular complexity index is 1880. The van der Waals surface area contributed by atoms with Gasteiger partial charge < -0.3 is 41.4 Å². The first kappa shape index (κ1) is 31.7. The summed E-state index contributed by atoms with van der Waals surface area (Å²) < 4.78 is 57.3. The van der Waals surface area contributed by atoms with Crippen LogP contribution in [-0.2, 0) is 9.47 Å². The van der Waals surface area contributed by atoms with Gasteiger partial charge in [-0.25, -0.2) is 9.97 Å². The minimum atomic E-state index is -5.06. The van der Waals surface area contributed by atoms with Crippen LogP contribution >= 0.6 is 0 Å². The number of nitrogens with one attached hydrogen (secondary N) is 4. The van der Waals surface area contributed by atoms with E-state index in [4.69, 9.17) is 20.9 Å². The van der Waals surface area contributed by atoms with E-state index in [0.29, 0.717) is 6.92 Å². The Morgan fingerprint density at radius 1 is 0.891 bits per heavy atom. The third-order valence-corrected chi connectivity index (χ3v) is 8.02. The molecule has 6 heterocycles. The molecule has 0 spiro atoms. The molecule has 20 nitrogen and oxygen atoms in total. The number of anilines is 2. The van der Waals surface area contributed by atoms with Gasteiger partial charge in [-0.2, -0.15) is 23.1 Å². The Hall–Kier alpha value is -4.23. The zero-order chi connectivity index (χ0) is 33.3. The van der Waals surface area contributed by atoms with Gasteiger partial charge in [-0.3, -0.25) is 39.3 Å². The van der Waals surface area contributed by atoms with Crippen molar-refractivity contribution in [2.45, 2.75) is 67.8 Å².